The Bertz CT molecular complexity index is 539. The number of fused-ring (bicyclic) bond motifs is 1. The Balaban J connectivity index is 1.80. The highest BCUT2D eigenvalue weighted by molar-refractivity contribution is 6.00. The van der Waals surface area contributed by atoms with Crippen LogP contribution in [0.25, 0.3) is 0 Å². The zero-order chi connectivity index (χ0) is 13.4. The van der Waals surface area contributed by atoms with Gasteiger partial charge in [-0.15, -0.1) is 0 Å². The number of aryl methyl sites for hydroxylation is 2. The van der Waals surface area contributed by atoms with Crippen LogP contribution in [0.3, 0.4) is 0 Å². The van der Waals surface area contributed by atoms with Crippen molar-refractivity contribution in [3.63, 3.8) is 0 Å². The molecule has 0 radical (unpaired) electrons. The molecule has 1 aliphatic heterocycles. The van der Waals surface area contributed by atoms with Gasteiger partial charge in [-0.1, -0.05) is 18.2 Å². The minimum Gasteiger partial charge on any atom is -0.320 e. The number of carbonyl (C=O) groups excluding carboxylic acids is 2. The van der Waals surface area contributed by atoms with Crippen molar-refractivity contribution in [1.29, 1.82) is 0 Å². The van der Waals surface area contributed by atoms with Crippen LogP contribution in [-0.4, -0.2) is 22.8 Å². The molecule has 0 spiro atoms. The Hall–Kier alpha value is -1.68. The second-order valence-corrected chi connectivity index (χ2v) is 5.42. The van der Waals surface area contributed by atoms with Gasteiger partial charge in [-0.25, -0.2) is 0 Å². The van der Waals surface area contributed by atoms with Gasteiger partial charge in [0.1, 0.15) is 0 Å². The smallest absolute Gasteiger partial charge is 0.246 e. The van der Waals surface area contributed by atoms with E-state index in [-0.39, 0.29) is 11.8 Å². The van der Waals surface area contributed by atoms with Crippen LogP contribution in [-0.2, 0) is 29.0 Å². The summed E-state index contributed by atoms with van der Waals surface area (Å²) in [6.07, 6.45) is 4.29. The van der Waals surface area contributed by atoms with Gasteiger partial charge in [0, 0.05) is 6.42 Å². The fourth-order valence-electron chi connectivity index (χ4n) is 2.93. The molecular formula is C15H18N2O2. The van der Waals surface area contributed by atoms with Crippen molar-refractivity contribution in [3.05, 3.63) is 34.9 Å². The van der Waals surface area contributed by atoms with Gasteiger partial charge in [-0.05, 0) is 42.4 Å². The quantitative estimate of drug-likeness (QED) is 0.809. The zero-order valence-corrected chi connectivity index (χ0v) is 10.9. The van der Waals surface area contributed by atoms with Crippen molar-refractivity contribution in [2.75, 3.05) is 0 Å². The third-order valence-corrected chi connectivity index (χ3v) is 4.06. The van der Waals surface area contributed by atoms with E-state index in [4.69, 9.17) is 5.73 Å². The average molecular weight is 258 g/mol. The summed E-state index contributed by atoms with van der Waals surface area (Å²) in [4.78, 5) is 25.1. The maximum atomic E-state index is 12.0. The van der Waals surface area contributed by atoms with E-state index in [2.05, 4.69) is 12.1 Å². The Labute approximate surface area is 112 Å². The number of hydrogen-bond acceptors (Lipinski definition) is 3. The largest absolute Gasteiger partial charge is 0.320 e. The number of nitrogens with two attached hydrogens (primary N) is 1. The van der Waals surface area contributed by atoms with E-state index in [9.17, 15) is 9.59 Å². The van der Waals surface area contributed by atoms with E-state index < -0.39 is 6.04 Å². The van der Waals surface area contributed by atoms with E-state index >= 15 is 0 Å². The van der Waals surface area contributed by atoms with Gasteiger partial charge in [0.15, 0.2) is 0 Å². The van der Waals surface area contributed by atoms with Crippen molar-refractivity contribution in [2.45, 2.75) is 44.7 Å². The van der Waals surface area contributed by atoms with Crippen molar-refractivity contribution < 1.29 is 9.59 Å². The first kappa shape index (κ1) is 12.4. The molecule has 1 atom stereocenters. The molecule has 0 saturated carbocycles. The molecule has 1 aromatic carbocycles. The number of amides is 2. The highest BCUT2D eigenvalue weighted by Gasteiger charge is 2.31. The van der Waals surface area contributed by atoms with E-state index in [0.717, 1.165) is 18.4 Å². The maximum Gasteiger partial charge on any atom is 0.246 e. The van der Waals surface area contributed by atoms with Crippen LogP contribution in [0, 0.1) is 0 Å². The third-order valence-electron chi connectivity index (χ3n) is 4.06. The molecule has 2 N–H and O–H groups in total. The summed E-state index contributed by atoms with van der Waals surface area (Å²) in [6, 6.07) is 5.75. The number of benzene rings is 1. The SMILES string of the molecule is NC1CCC(=O)N(Cc2ccc3c(c2)CCC3)C1=O. The lowest BCUT2D eigenvalue weighted by molar-refractivity contribution is -0.149. The number of nitrogens with zero attached hydrogens (tertiary/aromatic N) is 1. The van der Waals surface area contributed by atoms with Crippen molar-refractivity contribution in [2.24, 2.45) is 5.73 Å². The maximum absolute atomic E-state index is 12.0. The normalized spacial score (nSPS) is 22.8. The highest BCUT2D eigenvalue weighted by atomic mass is 16.2. The predicted molar refractivity (Wildman–Crippen MR) is 71.2 cm³/mol. The standard InChI is InChI=1S/C15H18N2O2/c16-13-6-7-14(18)17(15(13)19)9-10-4-5-11-2-1-3-12(11)8-10/h4-5,8,13H,1-3,6-7,9,16H2. The van der Waals surface area contributed by atoms with Crippen LogP contribution in [0.4, 0.5) is 0 Å². The van der Waals surface area contributed by atoms with E-state index in [0.29, 0.717) is 19.4 Å². The second kappa shape index (κ2) is 4.78. The average Bonchev–Trinajstić information content (AvgIpc) is 2.86. The fraction of sp³-hybridized carbons (Fsp3) is 0.467. The number of piperidine rings is 1. The van der Waals surface area contributed by atoms with E-state index in [1.54, 1.807) is 0 Å². The van der Waals surface area contributed by atoms with Crippen molar-refractivity contribution in [1.82, 2.24) is 4.90 Å². The molecule has 3 rings (SSSR count). The van der Waals surface area contributed by atoms with Crippen LogP contribution < -0.4 is 5.73 Å². The molecule has 19 heavy (non-hydrogen) atoms. The predicted octanol–water partition coefficient (Wildman–Crippen LogP) is 1.15. The van der Waals surface area contributed by atoms with Gasteiger partial charge in [0.05, 0.1) is 12.6 Å². The van der Waals surface area contributed by atoms with Gasteiger partial charge >= 0.3 is 0 Å². The van der Waals surface area contributed by atoms with Crippen LogP contribution >= 0.6 is 0 Å². The Morgan fingerprint density at radius 3 is 2.79 bits per heavy atom. The minimum absolute atomic E-state index is 0.104. The summed E-state index contributed by atoms with van der Waals surface area (Å²) in [5.74, 6) is -0.344. The lowest BCUT2D eigenvalue weighted by atomic mass is 10.0. The monoisotopic (exact) mass is 258 g/mol. The molecule has 100 valence electrons. The van der Waals surface area contributed by atoms with E-state index in [1.165, 1.54) is 22.4 Å². The number of hydrogen-bond donors (Lipinski definition) is 1. The second-order valence-electron chi connectivity index (χ2n) is 5.42. The molecule has 1 aliphatic carbocycles. The topological polar surface area (TPSA) is 63.4 Å². The van der Waals surface area contributed by atoms with Crippen LogP contribution in [0.2, 0.25) is 0 Å². The molecule has 4 heteroatoms. The summed E-state index contributed by atoms with van der Waals surface area (Å²) < 4.78 is 0. The molecule has 0 aromatic heterocycles. The summed E-state index contributed by atoms with van der Waals surface area (Å²) in [5.41, 5.74) is 9.52. The molecule has 2 aliphatic rings. The summed E-state index contributed by atoms with van der Waals surface area (Å²) >= 11 is 0. The van der Waals surface area contributed by atoms with Gasteiger partial charge < -0.3 is 5.73 Å². The van der Waals surface area contributed by atoms with Gasteiger partial charge in [0.2, 0.25) is 11.8 Å². The lowest BCUT2D eigenvalue weighted by Crippen LogP contribution is -2.50. The number of rotatable bonds is 2. The molecule has 1 heterocycles. The first-order chi connectivity index (χ1) is 9.15. The van der Waals surface area contributed by atoms with Crippen molar-refractivity contribution >= 4 is 11.8 Å². The van der Waals surface area contributed by atoms with Gasteiger partial charge in [-0.3, -0.25) is 14.5 Å². The molecule has 2 amide bonds. The number of carbonyl (C=O) groups is 2. The Morgan fingerprint density at radius 1 is 1.16 bits per heavy atom. The molecule has 1 fully saturated rings. The van der Waals surface area contributed by atoms with Crippen molar-refractivity contribution in [3.8, 4) is 0 Å². The number of imide groups is 1. The summed E-state index contributed by atoms with van der Waals surface area (Å²) in [6.45, 7) is 0.360. The minimum atomic E-state index is -0.521. The fourth-order valence-corrected chi connectivity index (χ4v) is 2.93. The van der Waals surface area contributed by atoms with Crippen LogP contribution in [0.5, 0.6) is 0 Å². The first-order valence-electron chi connectivity index (χ1n) is 6.85. The van der Waals surface area contributed by atoms with Gasteiger partial charge in [0.25, 0.3) is 0 Å². The summed E-state index contributed by atoms with van der Waals surface area (Å²) in [7, 11) is 0. The molecule has 1 unspecified atom stereocenters. The summed E-state index contributed by atoms with van der Waals surface area (Å²) in [5, 5.41) is 0. The third kappa shape index (κ3) is 2.28. The van der Waals surface area contributed by atoms with Crippen LogP contribution in [0.15, 0.2) is 18.2 Å². The Kier molecular flexibility index (Phi) is 3.11. The molecule has 1 saturated heterocycles. The van der Waals surface area contributed by atoms with Crippen LogP contribution in [0.1, 0.15) is 36.0 Å². The first-order valence-corrected chi connectivity index (χ1v) is 6.85. The number of likely N-dealkylation sites (tertiary alicyclic amines) is 1. The molecular weight excluding hydrogens is 240 g/mol. The Morgan fingerprint density at radius 2 is 1.95 bits per heavy atom. The zero-order valence-electron chi connectivity index (χ0n) is 10.9. The highest BCUT2D eigenvalue weighted by Crippen LogP contribution is 2.24. The molecule has 4 nitrogen and oxygen atoms in total. The van der Waals surface area contributed by atoms with Gasteiger partial charge in [-0.2, -0.15) is 0 Å². The lowest BCUT2D eigenvalue weighted by Gasteiger charge is -2.28. The molecule has 1 aromatic rings. The van der Waals surface area contributed by atoms with E-state index in [1.807, 2.05) is 6.07 Å². The molecule has 0 bridgehead atoms.